The van der Waals surface area contributed by atoms with Crippen molar-refractivity contribution in [3.05, 3.63) is 113 Å². The number of carbonyl (C=O) groups excluding carboxylic acids is 1. The second-order valence-electron chi connectivity index (χ2n) is 8.80. The lowest BCUT2D eigenvalue weighted by atomic mass is 9.97. The number of aryl methyl sites for hydroxylation is 1. The molecule has 0 amide bonds. The van der Waals surface area contributed by atoms with Crippen molar-refractivity contribution in [1.82, 2.24) is 0 Å². The van der Waals surface area contributed by atoms with Crippen LogP contribution in [0.5, 0.6) is 5.75 Å². The van der Waals surface area contributed by atoms with Gasteiger partial charge in [-0.05, 0) is 41.3 Å². The van der Waals surface area contributed by atoms with E-state index in [1.165, 1.54) is 42.5 Å². The molecule has 0 bridgehead atoms. The summed E-state index contributed by atoms with van der Waals surface area (Å²) >= 11 is 0. The molecule has 1 aliphatic heterocycles. The predicted octanol–water partition coefficient (Wildman–Crippen LogP) is 7.82. The maximum Gasteiger partial charge on any atom is 0.346 e. The van der Waals surface area contributed by atoms with Crippen molar-refractivity contribution in [1.29, 1.82) is 0 Å². The van der Waals surface area contributed by atoms with Gasteiger partial charge in [0.2, 0.25) is 0 Å². The molecule has 0 spiro atoms. The Balaban J connectivity index is 1.33. The summed E-state index contributed by atoms with van der Waals surface area (Å²) in [7, 11) is 0. The second-order valence-corrected chi connectivity index (χ2v) is 8.80. The summed E-state index contributed by atoms with van der Waals surface area (Å²) in [5.74, 6) is -5.48. The highest BCUT2D eigenvalue weighted by Gasteiger charge is 2.31. The lowest BCUT2D eigenvalue weighted by Gasteiger charge is -2.11. The van der Waals surface area contributed by atoms with Crippen LogP contribution in [-0.2, 0) is 11.2 Å². The van der Waals surface area contributed by atoms with E-state index in [2.05, 4.69) is 6.92 Å². The summed E-state index contributed by atoms with van der Waals surface area (Å²) in [4.78, 5) is 12.4. The third kappa shape index (κ3) is 5.00. The number of halogens is 4. The number of ether oxygens (including phenoxy) is 2. The maximum absolute atomic E-state index is 15.0. The molecule has 1 saturated heterocycles. The summed E-state index contributed by atoms with van der Waals surface area (Å²) in [6, 6.07) is 18.4. The quantitative estimate of drug-likeness (QED) is 0.111. The molecular weight excluding hydrogens is 484 g/mol. The van der Waals surface area contributed by atoms with Crippen LogP contribution in [0.4, 0.5) is 17.6 Å². The summed E-state index contributed by atoms with van der Waals surface area (Å²) in [5.41, 5.74) is 1.74. The molecule has 1 unspecified atom stereocenters. The van der Waals surface area contributed by atoms with Gasteiger partial charge in [0.05, 0.1) is 12.2 Å². The topological polar surface area (TPSA) is 38.8 Å². The van der Waals surface area contributed by atoms with E-state index in [1.54, 1.807) is 12.1 Å². The van der Waals surface area contributed by atoms with Crippen molar-refractivity contribution in [3.8, 4) is 28.0 Å². The van der Waals surface area contributed by atoms with Gasteiger partial charge in [0.15, 0.2) is 23.3 Å². The molecule has 5 rings (SSSR count). The van der Waals surface area contributed by atoms with Crippen LogP contribution in [0, 0.1) is 23.3 Å². The largest absolute Gasteiger partial charge is 0.423 e. The fourth-order valence-corrected chi connectivity index (χ4v) is 4.20. The van der Waals surface area contributed by atoms with Crippen LogP contribution < -0.4 is 4.74 Å². The van der Waals surface area contributed by atoms with E-state index in [9.17, 15) is 22.4 Å². The van der Waals surface area contributed by atoms with E-state index in [0.29, 0.717) is 17.7 Å². The van der Waals surface area contributed by atoms with Crippen molar-refractivity contribution in [3.63, 3.8) is 0 Å². The van der Waals surface area contributed by atoms with E-state index in [1.807, 2.05) is 12.1 Å². The van der Waals surface area contributed by atoms with E-state index >= 15 is 0 Å². The number of esters is 1. The molecule has 1 fully saturated rings. The van der Waals surface area contributed by atoms with E-state index in [0.717, 1.165) is 24.5 Å². The molecular formula is C30H22F4O3. The monoisotopic (exact) mass is 506 g/mol. The Morgan fingerprint density at radius 3 is 1.89 bits per heavy atom. The summed E-state index contributed by atoms with van der Waals surface area (Å²) in [5, 5.41) is 0. The fraction of sp³-hybridized carbons (Fsp3) is 0.167. The first-order valence-electron chi connectivity index (χ1n) is 11.9. The Morgan fingerprint density at radius 1 is 0.784 bits per heavy atom. The second kappa shape index (κ2) is 10.2. The molecule has 1 atom stereocenters. The van der Waals surface area contributed by atoms with Crippen molar-refractivity contribution in [2.45, 2.75) is 25.9 Å². The van der Waals surface area contributed by atoms with Crippen LogP contribution in [0.3, 0.4) is 0 Å². The Hall–Kier alpha value is -3.97. The maximum atomic E-state index is 15.0. The van der Waals surface area contributed by atoms with Crippen molar-refractivity contribution < 1.29 is 31.8 Å². The van der Waals surface area contributed by atoms with Crippen LogP contribution in [0.2, 0.25) is 0 Å². The van der Waals surface area contributed by atoms with E-state index < -0.39 is 40.9 Å². The molecule has 0 aromatic heterocycles. The fourth-order valence-electron chi connectivity index (χ4n) is 4.20. The number of hydrogen-bond donors (Lipinski definition) is 0. The van der Waals surface area contributed by atoms with Gasteiger partial charge in [0, 0.05) is 16.7 Å². The molecule has 4 aromatic carbocycles. The number of rotatable bonds is 7. The molecule has 1 aliphatic rings. The Morgan fingerprint density at radius 2 is 1.35 bits per heavy atom. The minimum Gasteiger partial charge on any atom is -0.423 e. The normalized spacial score (nSPS) is 14.5. The van der Waals surface area contributed by atoms with Gasteiger partial charge in [-0.3, -0.25) is 0 Å². The first kappa shape index (κ1) is 24.7. The molecule has 188 valence electrons. The van der Waals surface area contributed by atoms with Crippen molar-refractivity contribution in [2.75, 3.05) is 6.61 Å². The first-order valence-corrected chi connectivity index (χ1v) is 11.9. The smallest absolute Gasteiger partial charge is 0.346 e. The van der Waals surface area contributed by atoms with Crippen LogP contribution in [-0.4, -0.2) is 12.6 Å². The predicted molar refractivity (Wildman–Crippen MR) is 131 cm³/mol. The van der Waals surface area contributed by atoms with Gasteiger partial charge in [-0.2, -0.15) is 0 Å². The summed E-state index contributed by atoms with van der Waals surface area (Å²) in [6.45, 7) is 2.37. The van der Waals surface area contributed by atoms with Gasteiger partial charge in [-0.15, -0.1) is 0 Å². The average molecular weight is 506 g/mol. The highest BCUT2D eigenvalue weighted by Crippen LogP contribution is 2.34. The average Bonchev–Trinajstić information content (AvgIpc) is 3.74. The SMILES string of the molecule is CCCc1ccc(-c2ccc(-c3ccc(OC(=O)c4ccc(C5CO5)c(F)c4F)cc3)c(F)c2F)cc1. The summed E-state index contributed by atoms with van der Waals surface area (Å²) in [6.07, 6.45) is 1.40. The van der Waals surface area contributed by atoms with E-state index in [4.69, 9.17) is 9.47 Å². The van der Waals surface area contributed by atoms with Crippen LogP contribution >= 0.6 is 0 Å². The number of epoxide rings is 1. The highest BCUT2D eigenvalue weighted by atomic mass is 19.2. The summed E-state index contributed by atoms with van der Waals surface area (Å²) < 4.78 is 68.7. The van der Waals surface area contributed by atoms with Crippen molar-refractivity contribution in [2.24, 2.45) is 0 Å². The van der Waals surface area contributed by atoms with Gasteiger partial charge in [0.1, 0.15) is 11.9 Å². The zero-order valence-corrected chi connectivity index (χ0v) is 19.9. The zero-order valence-electron chi connectivity index (χ0n) is 19.9. The minimum absolute atomic E-state index is 0.0349. The van der Waals surface area contributed by atoms with Crippen LogP contribution in [0.1, 0.15) is 40.9 Å². The van der Waals surface area contributed by atoms with Crippen LogP contribution in [0.25, 0.3) is 22.3 Å². The molecule has 0 N–H and O–H groups in total. The Kier molecular flexibility index (Phi) is 6.80. The molecule has 0 saturated carbocycles. The van der Waals surface area contributed by atoms with E-state index in [-0.39, 0.29) is 22.4 Å². The molecule has 3 nitrogen and oxygen atoms in total. The van der Waals surface area contributed by atoms with Gasteiger partial charge in [-0.1, -0.05) is 67.9 Å². The molecule has 0 aliphatic carbocycles. The Bertz CT molecular complexity index is 1460. The standard InChI is InChI=1S/C30H22F4O3/c1-2-3-17-4-6-18(7-5-17)21-12-13-22(27(32)26(21)31)19-8-10-20(11-9-19)37-30(35)24-15-14-23(25-16-36-25)28(33)29(24)34/h4-15,25H,2-3,16H2,1H3. The van der Waals surface area contributed by atoms with Crippen LogP contribution in [0.15, 0.2) is 72.8 Å². The van der Waals surface area contributed by atoms with Crippen molar-refractivity contribution >= 4 is 5.97 Å². The third-order valence-corrected chi connectivity index (χ3v) is 6.27. The third-order valence-electron chi connectivity index (χ3n) is 6.27. The first-order chi connectivity index (χ1) is 17.9. The molecule has 0 radical (unpaired) electrons. The Labute approximate surface area is 211 Å². The number of carbonyl (C=O) groups is 1. The number of benzene rings is 4. The molecule has 7 heteroatoms. The lowest BCUT2D eigenvalue weighted by molar-refractivity contribution is 0.0728. The molecule has 1 heterocycles. The zero-order chi connectivity index (χ0) is 26.1. The van der Waals surface area contributed by atoms with Gasteiger partial charge in [-0.25, -0.2) is 22.4 Å². The van der Waals surface area contributed by atoms with Gasteiger partial charge in [0.25, 0.3) is 0 Å². The number of hydrogen-bond acceptors (Lipinski definition) is 3. The molecule has 4 aromatic rings. The molecule has 37 heavy (non-hydrogen) atoms. The highest BCUT2D eigenvalue weighted by molar-refractivity contribution is 5.91. The van der Waals surface area contributed by atoms with Gasteiger partial charge < -0.3 is 9.47 Å². The minimum atomic E-state index is -1.31. The lowest BCUT2D eigenvalue weighted by Crippen LogP contribution is -2.12. The van der Waals surface area contributed by atoms with Gasteiger partial charge >= 0.3 is 5.97 Å².